The fraction of sp³-hybridized carbons (Fsp3) is 0.286. The van der Waals surface area contributed by atoms with Gasteiger partial charge in [-0.25, -0.2) is 0 Å². The molecule has 0 saturated heterocycles. The van der Waals surface area contributed by atoms with E-state index in [0.29, 0.717) is 17.9 Å². The Kier molecular flexibility index (Phi) is 9.11. The Morgan fingerprint density at radius 3 is 2.32 bits per heavy atom. The van der Waals surface area contributed by atoms with Gasteiger partial charge in [-0.2, -0.15) is 0 Å². The quantitative estimate of drug-likeness (QED) is 0.303. The summed E-state index contributed by atoms with van der Waals surface area (Å²) in [7, 11) is 0. The van der Waals surface area contributed by atoms with Crippen LogP contribution in [0.5, 0.6) is 0 Å². The summed E-state index contributed by atoms with van der Waals surface area (Å²) in [6.07, 6.45) is -0.801. The third-order valence-electron chi connectivity index (χ3n) is 6.49. The van der Waals surface area contributed by atoms with E-state index < -0.39 is 30.1 Å². The minimum Gasteiger partial charge on any atom is -0.391 e. The van der Waals surface area contributed by atoms with Gasteiger partial charge in [0, 0.05) is 23.9 Å². The topological polar surface area (TPSA) is 98.7 Å². The predicted molar refractivity (Wildman–Crippen MR) is 145 cm³/mol. The van der Waals surface area contributed by atoms with E-state index in [4.69, 9.17) is 34.8 Å². The van der Waals surface area contributed by atoms with Crippen LogP contribution in [0.4, 0.5) is 0 Å². The van der Waals surface area contributed by atoms with Crippen LogP contribution < -0.4 is 10.6 Å². The maximum absolute atomic E-state index is 13.4. The van der Waals surface area contributed by atoms with E-state index in [1.54, 1.807) is 0 Å². The van der Waals surface area contributed by atoms with E-state index in [2.05, 4.69) is 10.6 Å². The minimum absolute atomic E-state index is 0.0624. The van der Waals surface area contributed by atoms with Crippen molar-refractivity contribution in [3.63, 3.8) is 0 Å². The van der Waals surface area contributed by atoms with Crippen molar-refractivity contribution in [1.29, 1.82) is 0 Å². The summed E-state index contributed by atoms with van der Waals surface area (Å²) in [4.78, 5) is 26.1. The van der Waals surface area contributed by atoms with Crippen LogP contribution in [0.3, 0.4) is 0 Å². The molecule has 0 radical (unpaired) electrons. The third-order valence-corrected chi connectivity index (χ3v) is 7.30. The molecule has 0 spiro atoms. The van der Waals surface area contributed by atoms with Crippen LogP contribution in [0.1, 0.15) is 39.5 Å². The second-order valence-corrected chi connectivity index (χ2v) is 10.4. The lowest BCUT2D eigenvalue weighted by atomic mass is 9.92. The lowest BCUT2D eigenvalue weighted by Gasteiger charge is -2.24. The highest BCUT2D eigenvalue weighted by Gasteiger charge is 2.34. The molecule has 0 aliphatic heterocycles. The molecule has 1 aliphatic rings. The van der Waals surface area contributed by atoms with Gasteiger partial charge in [-0.3, -0.25) is 9.59 Å². The molecule has 0 heterocycles. The molecule has 9 heteroatoms. The molecule has 3 aromatic carbocycles. The lowest BCUT2D eigenvalue weighted by molar-refractivity contribution is -0.127. The Morgan fingerprint density at radius 2 is 1.62 bits per heavy atom. The lowest BCUT2D eigenvalue weighted by Crippen LogP contribution is -2.41. The number of rotatable bonds is 9. The predicted octanol–water partition coefficient (Wildman–Crippen LogP) is 4.76. The van der Waals surface area contributed by atoms with Gasteiger partial charge in [0.15, 0.2) is 0 Å². The first kappa shape index (κ1) is 27.4. The van der Waals surface area contributed by atoms with E-state index in [1.165, 1.54) is 12.1 Å². The summed E-state index contributed by atoms with van der Waals surface area (Å²) in [5.41, 5.74) is 2.90. The fourth-order valence-corrected chi connectivity index (χ4v) is 5.66. The van der Waals surface area contributed by atoms with E-state index in [-0.39, 0.29) is 34.5 Å². The zero-order valence-electron chi connectivity index (χ0n) is 19.8. The molecule has 4 N–H and O–H groups in total. The summed E-state index contributed by atoms with van der Waals surface area (Å²) < 4.78 is 0. The Morgan fingerprint density at radius 1 is 0.973 bits per heavy atom. The molecule has 0 saturated carbocycles. The molecular weight excluding hydrogens is 535 g/mol. The molecule has 0 bridgehead atoms. The number of halogens is 3. The van der Waals surface area contributed by atoms with Gasteiger partial charge in [-0.1, -0.05) is 89.4 Å². The van der Waals surface area contributed by atoms with Crippen molar-refractivity contribution in [3.8, 4) is 0 Å². The monoisotopic (exact) mass is 560 g/mol. The molecule has 0 fully saturated rings. The van der Waals surface area contributed by atoms with Crippen molar-refractivity contribution in [1.82, 2.24) is 10.6 Å². The summed E-state index contributed by atoms with van der Waals surface area (Å²) in [5, 5.41) is 27.5. The molecule has 4 rings (SSSR count). The standard InChI is InChI=1S/C28H27Cl3N2O4/c29-19-13-22(30)25(23(31)14-19)28(37)32-15-20(34)11-18(10-16-6-2-1-3-7-16)27(36)33-26-21-9-5-4-8-17(21)12-24(26)35/h1-9,13-14,18,20,24,26,34-35H,10-12,15H2,(H,32,37)(H,33,36). The van der Waals surface area contributed by atoms with Gasteiger partial charge in [0.2, 0.25) is 5.91 Å². The van der Waals surface area contributed by atoms with Gasteiger partial charge in [0.05, 0.1) is 33.9 Å². The van der Waals surface area contributed by atoms with Crippen molar-refractivity contribution in [2.75, 3.05) is 6.54 Å². The second-order valence-electron chi connectivity index (χ2n) is 9.19. The number of benzene rings is 3. The van der Waals surface area contributed by atoms with Crippen LogP contribution >= 0.6 is 34.8 Å². The normalized spacial score (nSPS) is 18.1. The zero-order valence-corrected chi connectivity index (χ0v) is 22.1. The first-order chi connectivity index (χ1) is 17.7. The Labute approximate surface area is 230 Å². The maximum Gasteiger partial charge on any atom is 0.254 e. The number of nitrogens with one attached hydrogen (secondary N) is 2. The van der Waals surface area contributed by atoms with Gasteiger partial charge in [0.1, 0.15) is 0 Å². The molecule has 3 aromatic rings. The fourth-order valence-electron chi connectivity index (χ4n) is 4.67. The first-order valence-electron chi connectivity index (χ1n) is 11.9. The molecule has 0 aromatic heterocycles. The smallest absolute Gasteiger partial charge is 0.254 e. The number of hydrogen-bond donors (Lipinski definition) is 4. The number of carbonyl (C=O) groups is 2. The van der Waals surface area contributed by atoms with E-state index in [0.717, 1.165) is 16.7 Å². The number of aliphatic hydroxyl groups is 2. The zero-order chi connectivity index (χ0) is 26.5. The number of aliphatic hydroxyl groups excluding tert-OH is 2. The number of hydrogen-bond acceptors (Lipinski definition) is 4. The molecule has 4 unspecified atom stereocenters. The maximum atomic E-state index is 13.4. The van der Waals surface area contributed by atoms with Gasteiger partial charge in [-0.05, 0) is 41.7 Å². The highest BCUT2D eigenvalue weighted by Crippen LogP contribution is 2.32. The number of carbonyl (C=O) groups excluding carboxylic acids is 2. The molecule has 1 aliphatic carbocycles. The Hall–Kier alpha value is -2.61. The van der Waals surface area contributed by atoms with Crippen LogP contribution in [0.15, 0.2) is 66.7 Å². The van der Waals surface area contributed by atoms with Crippen molar-refractivity contribution in [2.24, 2.45) is 5.92 Å². The first-order valence-corrected chi connectivity index (χ1v) is 13.1. The van der Waals surface area contributed by atoms with Crippen molar-refractivity contribution >= 4 is 46.6 Å². The summed E-state index contributed by atoms with van der Waals surface area (Å²) in [5.74, 6) is -1.43. The van der Waals surface area contributed by atoms with Gasteiger partial charge in [-0.15, -0.1) is 0 Å². The van der Waals surface area contributed by atoms with Crippen LogP contribution in [-0.2, 0) is 17.6 Å². The van der Waals surface area contributed by atoms with Gasteiger partial charge < -0.3 is 20.8 Å². The average Bonchev–Trinajstić information content (AvgIpc) is 3.17. The Bertz CT molecular complexity index is 1250. The number of fused-ring (bicyclic) bond motifs is 1. The minimum atomic E-state index is -1.02. The van der Waals surface area contributed by atoms with Gasteiger partial charge >= 0.3 is 0 Å². The van der Waals surface area contributed by atoms with E-state index in [1.807, 2.05) is 54.6 Å². The van der Waals surface area contributed by atoms with Gasteiger partial charge in [0.25, 0.3) is 5.91 Å². The van der Waals surface area contributed by atoms with E-state index >= 15 is 0 Å². The highest BCUT2D eigenvalue weighted by molar-refractivity contribution is 6.42. The number of amides is 2. The average molecular weight is 562 g/mol. The summed E-state index contributed by atoms with van der Waals surface area (Å²) in [6.45, 7) is -0.110. The Balaban J connectivity index is 1.44. The summed E-state index contributed by atoms with van der Waals surface area (Å²) in [6, 6.07) is 19.4. The molecule has 37 heavy (non-hydrogen) atoms. The molecular formula is C28H27Cl3N2O4. The highest BCUT2D eigenvalue weighted by atomic mass is 35.5. The van der Waals surface area contributed by atoms with Crippen LogP contribution in [0, 0.1) is 5.92 Å². The SMILES string of the molecule is O=C(NCC(O)CC(Cc1ccccc1)C(=O)NC1c2ccccc2CC1O)c1c(Cl)cc(Cl)cc1Cl. The van der Waals surface area contributed by atoms with Crippen LogP contribution in [-0.4, -0.2) is 40.8 Å². The largest absolute Gasteiger partial charge is 0.391 e. The second kappa shape index (κ2) is 12.3. The van der Waals surface area contributed by atoms with Crippen LogP contribution in [0.25, 0.3) is 0 Å². The van der Waals surface area contributed by atoms with Crippen LogP contribution in [0.2, 0.25) is 15.1 Å². The van der Waals surface area contributed by atoms with Crippen molar-refractivity contribution in [3.05, 3.63) is 104 Å². The third kappa shape index (κ3) is 6.83. The summed E-state index contributed by atoms with van der Waals surface area (Å²) >= 11 is 18.2. The molecule has 2 amide bonds. The van der Waals surface area contributed by atoms with E-state index in [9.17, 15) is 19.8 Å². The van der Waals surface area contributed by atoms with Crippen molar-refractivity contribution < 1.29 is 19.8 Å². The van der Waals surface area contributed by atoms with Crippen molar-refractivity contribution in [2.45, 2.75) is 37.5 Å². The molecule has 4 atom stereocenters. The molecule has 194 valence electrons. The molecule has 6 nitrogen and oxygen atoms in total.